The Labute approximate surface area is 363 Å². The lowest BCUT2D eigenvalue weighted by molar-refractivity contribution is 0.203. The molecule has 3 unspecified atom stereocenters. The van der Waals surface area contributed by atoms with Crippen LogP contribution in [-0.2, 0) is 19.4 Å². The van der Waals surface area contributed by atoms with Crippen LogP contribution in [0.5, 0.6) is 0 Å². The predicted molar refractivity (Wildman–Crippen MR) is 257 cm³/mol. The van der Waals surface area contributed by atoms with Crippen molar-refractivity contribution in [2.24, 2.45) is 11.8 Å². The molecule has 0 N–H and O–H groups in total. The molecule has 59 heavy (non-hydrogen) atoms. The molecule has 3 aromatic carbocycles. The van der Waals surface area contributed by atoms with E-state index in [1.54, 1.807) is 5.56 Å². The third-order valence-corrected chi connectivity index (χ3v) is 14.2. The number of anilines is 1. The molecule has 0 spiro atoms. The van der Waals surface area contributed by atoms with E-state index in [-0.39, 0.29) is 5.54 Å². The smallest absolute Gasteiger partial charge is 0.0403 e. The fraction of sp³-hybridized carbons (Fsp3) is 0.667. The molecule has 1 aliphatic carbocycles. The van der Waals surface area contributed by atoms with E-state index in [1.165, 1.54) is 126 Å². The van der Waals surface area contributed by atoms with Crippen molar-refractivity contribution in [3.8, 4) is 0 Å². The second kappa shape index (κ2) is 22.9. The Morgan fingerprint density at radius 2 is 0.983 bits per heavy atom. The number of hydrogen-bond acceptors (Lipinski definition) is 5. The second-order valence-electron chi connectivity index (χ2n) is 20.6. The minimum atomic E-state index is 0.257. The summed E-state index contributed by atoms with van der Waals surface area (Å²) in [6, 6.07) is 31.4. The van der Waals surface area contributed by atoms with Crippen molar-refractivity contribution >= 4 is 5.69 Å². The summed E-state index contributed by atoms with van der Waals surface area (Å²) < 4.78 is 0. The average molecular weight is 806 g/mol. The van der Waals surface area contributed by atoms with Gasteiger partial charge in [-0.05, 0) is 187 Å². The maximum Gasteiger partial charge on any atom is 0.0403 e. The lowest BCUT2D eigenvalue weighted by atomic mass is 9.99. The van der Waals surface area contributed by atoms with Crippen molar-refractivity contribution in [1.82, 2.24) is 19.6 Å². The standard InChI is InChI=1S/C13H19N.2C12H17N.C10H19N.C7H15N/c1-11(2)14-9-8-13(10-14)12-6-4-3-5-7-12;1-12(2,3)13-9-8-10-6-4-5-7-11(10)13;1-10(2)13-8-7-11-5-3-4-6-12(11)9-13;1-8(2)11-6-9-4-3-5-10(9)7-11;1-7(2)8-5-3-4-6-8/h3-7,11,13H,8-10H2,1-2H3;4-7H,8-9H2,1-3H3;3-6,10H,7-9H2,1-2H3;8-10H,3-7H2,1-2H3;7H,3-6H2,1-2H3. The molecule has 0 radical (unpaired) electrons. The van der Waals surface area contributed by atoms with Gasteiger partial charge in [0, 0.05) is 74.7 Å². The molecular weight excluding hydrogens is 719 g/mol. The van der Waals surface area contributed by atoms with E-state index in [0.717, 1.165) is 36.4 Å². The zero-order chi connectivity index (χ0) is 42.5. The highest BCUT2D eigenvalue weighted by molar-refractivity contribution is 5.59. The average Bonchev–Trinajstić information content (AvgIpc) is 4.07. The van der Waals surface area contributed by atoms with Gasteiger partial charge in [-0.1, -0.05) is 79.2 Å². The summed E-state index contributed by atoms with van der Waals surface area (Å²) in [7, 11) is 0. The van der Waals surface area contributed by atoms with E-state index in [1.807, 2.05) is 0 Å². The fourth-order valence-corrected chi connectivity index (χ4v) is 10.2. The minimum absolute atomic E-state index is 0.257. The summed E-state index contributed by atoms with van der Waals surface area (Å²) in [5.74, 6) is 2.90. The molecule has 0 amide bonds. The van der Waals surface area contributed by atoms with Gasteiger partial charge in [-0.3, -0.25) is 4.90 Å². The Morgan fingerprint density at radius 1 is 0.458 bits per heavy atom. The van der Waals surface area contributed by atoms with E-state index in [0.29, 0.717) is 12.1 Å². The summed E-state index contributed by atoms with van der Waals surface area (Å²) >= 11 is 0. The molecule has 0 bridgehead atoms. The summed E-state index contributed by atoms with van der Waals surface area (Å²) in [6.45, 7) is 36.6. The van der Waals surface area contributed by atoms with Crippen LogP contribution in [0.4, 0.5) is 5.69 Å². The Kier molecular flexibility index (Phi) is 18.4. The molecular formula is C54H87N5. The van der Waals surface area contributed by atoms with Gasteiger partial charge in [0.05, 0.1) is 0 Å². The van der Waals surface area contributed by atoms with Crippen LogP contribution in [0.15, 0.2) is 78.9 Å². The van der Waals surface area contributed by atoms with Gasteiger partial charge in [0.25, 0.3) is 0 Å². The molecule has 3 atom stereocenters. The Bertz CT molecular complexity index is 1610. The second-order valence-corrected chi connectivity index (χ2v) is 20.6. The maximum atomic E-state index is 2.65. The molecule has 5 aliphatic heterocycles. The number of fused-ring (bicyclic) bond motifs is 3. The Morgan fingerprint density at radius 3 is 1.53 bits per heavy atom. The number of benzene rings is 3. The maximum absolute atomic E-state index is 2.65. The molecule has 5 nitrogen and oxygen atoms in total. The lowest BCUT2D eigenvalue weighted by Crippen LogP contribution is -2.40. The number of nitrogens with zero attached hydrogens (tertiary/aromatic N) is 5. The first-order valence-corrected chi connectivity index (χ1v) is 24.1. The monoisotopic (exact) mass is 806 g/mol. The third kappa shape index (κ3) is 14.2. The summed E-state index contributed by atoms with van der Waals surface area (Å²) in [6.07, 6.45) is 11.1. The molecule has 5 heteroatoms. The Balaban J connectivity index is 0.000000142. The number of hydrogen-bond donors (Lipinski definition) is 0. The summed E-state index contributed by atoms with van der Waals surface area (Å²) in [4.78, 5) is 12.8. The highest BCUT2D eigenvalue weighted by atomic mass is 15.2. The van der Waals surface area contributed by atoms with Crippen LogP contribution >= 0.6 is 0 Å². The molecule has 328 valence electrons. The molecule has 9 rings (SSSR count). The van der Waals surface area contributed by atoms with Crippen LogP contribution in [0.2, 0.25) is 0 Å². The van der Waals surface area contributed by atoms with Gasteiger partial charge >= 0.3 is 0 Å². The fourth-order valence-electron chi connectivity index (χ4n) is 10.2. The van der Waals surface area contributed by atoms with Crippen LogP contribution in [-0.4, -0.2) is 102 Å². The normalized spacial score (nSPS) is 23.2. The highest BCUT2D eigenvalue weighted by Crippen LogP contribution is 2.38. The third-order valence-electron chi connectivity index (χ3n) is 14.2. The van der Waals surface area contributed by atoms with E-state index >= 15 is 0 Å². The van der Waals surface area contributed by atoms with Crippen LogP contribution < -0.4 is 4.90 Å². The quantitative estimate of drug-likeness (QED) is 0.255. The Hall–Kier alpha value is -2.70. The summed E-state index contributed by atoms with van der Waals surface area (Å²) in [5.41, 5.74) is 7.75. The van der Waals surface area contributed by atoms with Gasteiger partial charge in [-0.25, -0.2) is 0 Å². The highest BCUT2D eigenvalue weighted by Gasteiger charge is 2.36. The first-order valence-electron chi connectivity index (χ1n) is 24.1. The first kappa shape index (κ1) is 47.4. The van der Waals surface area contributed by atoms with E-state index < -0.39 is 0 Å². The number of likely N-dealkylation sites (tertiary alicyclic amines) is 3. The topological polar surface area (TPSA) is 16.2 Å². The van der Waals surface area contributed by atoms with E-state index in [2.05, 4.69) is 180 Å². The molecule has 3 saturated heterocycles. The van der Waals surface area contributed by atoms with E-state index in [9.17, 15) is 0 Å². The van der Waals surface area contributed by atoms with Crippen molar-refractivity contribution in [2.45, 2.75) is 170 Å². The number of rotatable bonds is 5. The molecule has 6 aliphatic rings. The first-order chi connectivity index (χ1) is 28.2. The van der Waals surface area contributed by atoms with Crippen molar-refractivity contribution in [3.05, 3.63) is 101 Å². The largest absolute Gasteiger partial charge is 0.366 e. The molecule has 0 aromatic heterocycles. The molecule has 5 heterocycles. The molecule has 1 saturated carbocycles. The van der Waals surface area contributed by atoms with Crippen LogP contribution in [0.25, 0.3) is 0 Å². The predicted octanol–water partition coefficient (Wildman–Crippen LogP) is 11.8. The van der Waals surface area contributed by atoms with E-state index in [4.69, 9.17) is 0 Å². The van der Waals surface area contributed by atoms with Crippen molar-refractivity contribution < 1.29 is 0 Å². The minimum Gasteiger partial charge on any atom is -0.366 e. The zero-order valence-corrected chi connectivity index (χ0v) is 39.8. The van der Waals surface area contributed by atoms with Crippen molar-refractivity contribution in [1.29, 1.82) is 0 Å². The van der Waals surface area contributed by atoms with Crippen LogP contribution in [0.1, 0.15) is 143 Å². The van der Waals surface area contributed by atoms with Crippen LogP contribution in [0, 0.1) is 11.8 Å². The van der Waals surface area contributed by atoms with Gasteiger partial charge in [-0.2, -0.15) is 0 Å². The van der Waals surface area contributed by atoms with Gasteiger partial charge < -0.3 is 19.6 Å². The number of para-hydroxylation sites is 1. The van der Waals surface area contributed by atoms with Gasteiger partial charge in [0.1, 0.15) is 0 Å². The molecule has 4 fully saturated rings. The van der Waals surface area contributed by atoms with Crippen molar-refractivity contribution in [2.75, 3.05) is 57.3 Å². The van der Waals surface area contributed by atoms with Crippen molar-refractivity contribution in [3.63, 3.8) is 0 Å². The summed E-state index contributed by atoms with van der Waals surface area (Å²) in [5, 5.41) is 0. The van der Waals surface area contributed by atoms with Gasteiger partial charge in [0.15, 0.2) is 0 Å². The SMILES string of the molecule is CC(C)(C)N1CCc2ccccc21.CC(C)N1CC2CCCC2C1.CC(C)N1CCC(c2ccccc2)C1.CC(C)N1CCCC1.CC(C)N1CCc2ccccc2C1. The molecule has 3 aromatic rings. The zero-order valence-electron chi connectivity index (χ0n) is 39.8. The van der Waals surface area contributed by atoms with Gasteiger partial charge in [0.2, 0.25) is 0 Å². The lowest BCUT2D eigenvalue weighted by Gasteiger charge is -2.34. The van der Waals surface area contributed by atoms with Gasteiger partial charge in [-0.15, -0.1) is 0 Å². The van der Waals surface area contributed by atoms with Crippen LogP contribution in [0.3, 0.4) is 0 Å².